The van der Waals surface area contributed by atoms with E-state index in [2.05, 4.69) is 5.32 Å². The zero-order valence-corrected chi connectivity index (χ0v) is 11.8. The lowest BCUT2D eigenvalue weighted by Crippen LogP contribution is -2.13. The summed E-state index contributed by atoms with van der Waals surface area (Å²) in [5.41, 5.74) is 7.35. The van der Waals surface area contributed by atoms with Gasteiger partial charge in [0.2, 0.25) is 0 Å². The molecule has 0 unspecified atom stereocenters. The SMILES string of the molecule is CCOc1cc(N)ccc1NC(=O)c1cccc(Cl)c1. The van der Waals surface area contributed by atoms with Gasteiger partial charge in [0, 0.05) is 22.3 Å². The summed E-state index contributed by atoms with van der Waals surface area (Å²) in [4.78, 5) is 12.2. The van der Waals surface area contributed by atoms with Crippen molar-refractivity contribution in [1.82, 2.24) is 0 Å². The molecule has 2 rings (SSSR count). The van der Waals surface area contributed by atoms with Gasteiger partial charge < -0.3 is 15.8 Å². The highest BCUT2D eigenvalue weighted by Gasteiger charge is 2.10. The molecular weight excluding hydrogens is 276 g/mol. The van der Waals surface area contributed by atoms with Gasteiger partial charge in [-0.05, 0) is 37.3 Å². The first-order valence-electron chi connectivity index (χ1n) is 6.19. The molecule has 0 radical (unpaired) electrons. The molecule has 5 heteroatoms. The normalized spacial score (nSPS) is 10.1. The van der Waals surface area contributed by atoms with E-state index in [9.17, 15) is 4.79 Å². The van der Waals surface area contributed by atoms with Gasteiger partial charge in [0.15, 0.2) is 0 Å². The Bertz CT molecular complexity index is 629. The fourth-order valence-corrected chi connectivity index (χ4v) is 1.93. The number of rotatable bonds is 4. The summed E-state index contributed by atoms with van der Waals surface area (Å²) in [6, 6.07) is 11.8. The van der Waals surface area contributed by atoms with E-state index < -0.39 is 0 Å². The second-order valence-corrected chi connectivity index (χ2v) is 4.59. The molecule has 0 fully saturated rings. The number of nitrogen functional groups attached to an aromatic ring is 1. The molecule has 1 amide bonds. The monoisotopic (exact) mass is 290 g/mol. The number of carbonyl (C=O) groups excluding carboxylic acids is 1. The Balaban J connectivity index is 2.23. The van der Waals surface area contributed by atoms with Crippen LogP contribution in [-0.2, 0) is 0 Å². The Kier molecular flexibility index (Phi) is 4.48. The van der Waals surface area contributed by atoms with E-state index in [-0.39, 0.29) is 5.91 Å². The topological polar surface area (TPSA) is 64.3 Å². The summed E-state index contributed by atoms with van der Waals surface area (Å²) < 4.78 is 5.46. The van der Waals surface area contributed by atoms with Crippen molar-refractivity contribution in [3.05, 3.63) is 53.1 Å². The number of amides is 1. The van der Waals surface area contributed by atoms with Crippen LogP contribution in [0.3, 0.4) is 0 Å². The number of nitrogens with one attached hydrogen (secondary N) is 1. The first-order valence-corrected chi connectivity index (χ1v) is 6.57. The summed E-state index contributed by atoms with van der Waals surface area (Å²) >= 11 is 5.87. The molecule has 0 spiro atoms. The molecule has 104 valence electrons. The number of hydrogen-bond donors (Lipinski definition) is 2. The molecule has 0 aromatic heterocycles. The lowest BCUT2D eigenvalue weighted by Gasteiger charge is -2.12. The lowest BCUT2D eigenvalue weighted by atomic mass is 10.2. The predicted octanol–water partition coefficient (Wildman–Crippen LogP) is 3.57. The standard InChI is InChI=1S/C15H15ClN2O2/c1-2-20-14-9-12(17)6-7-13(14)18-15(19)10-4-3-5-11(16)8-10/h3-9H,2,17H2,1H3,(H,18,19). The highest BCUT2D eigenvalue weighted by Crippen LogP contribution is 2.27. The molecular formula is C15H15ClN2O2. The molecule has 0 atom stereocenters. The second kappa shape index (κ2) is 6.30. The largest absolute Gasteiger partial charge is 0.492 e. The van der Waals surface area contributed by atoms with Crippen LogP contribution >= 0.6 is 11.6 Å². The molecule has 0 heterocycles. The van der Waals surface area contributed by atoms with Crippen molar-refractivity contribution in [2.45, 2.75) is 6.92 Å². The van der Waals surface area contributed by atoms with E-state index in [4.69, 9.17) is 22.1 Å². The number of anilines is 2. The van der Waals surface area contributed by atoms with Crippen molar-refractivity contribution in [2.75, 3.05) is 17.7 Å². The van der Waals surface area contributed by atoms with Gasteiger partial charge in [0.25, 0.3) is 5.91 Å². The number of carbonyl (C=O) groups is 1. The van der Waals surface area contributed by atoms with E-state index in [1.54, 1.807) is 42.5 Å². The maximum atomic E-state index is 12.2. The Morgan fingerprint density at radius 1 is 1.30 bits per heavy atom. The molecule has 2 aromatic rings. The van der Waals surface area contributed by atoms with Crippen molar-refractivity contribution in [3.63, 3.8) is 0 Å². The van der Waals surface area contributed by atoms with Gasteiger partial charge in [-0.15, -0.1) is 0 Å². The van der Waals surface area contributed by atoms with Crippen LogP contribution in [0.15, 0.2) is 42.5 Å². The van der Waals surface area contributed by atoms with E-state index in [0.29, 0.717) is 34.3 Å². The zero-order chi connectivity index (χ0) is 14.5. The average molecular weight is 291 g/mol. The molecule has 0 saturated carbocycles. The third kappa shape index (κ3) is 3.42. The second-order valence-electron chi connectivity index (χ2n) is 4.15. The van der Waals surface area contributed by atoms with Gasteiger partial charge in [-0.2, -0.15) is 0 Å². The van der Waals surface area contributed by atoms with Gasteiger partial charge in [0.1, 0.15) is 5.75 Å². The third-order valence-corrected chi connectivity index (χ3v) is 2.88. The van der Waals surface area contributed by atoms with Crippen molar-refractivity contribution in [2.24, 2.45) is 0 Å². The Hall–Kier alpha value is -2.20. The van der Waals surface area contributed by atoms with Crippen LogP contribution in [0.1, 0.15) is 17.3 Å². The predicted molar refractivity (Wildman–Crippen MR) is 81.4 cm³/mol. The maximum Gasteiger partial charge on any atom is 0.255 e. The summed E-state index contributed by atoms with van der Waals surface area (Å²) in [6.45, 7) is 2.36. The van der Waals surface area contributed by atoms with Crippen LogP contribution in [0.2, 0.25) is 5.02 Å². The van der Waals surface area contributed by atoms with E-state index in [1.807, 2.05) is 6.92 Å². The molecule has 4 nitrogen and oxygen atoms in total. The van der Waals surface area contributed by atoms with Crippen LogP contribution in [0.25, 0.3) is 0 Å². The summed E-state index contributed by atoms with van der Waals surface area (Å²) in [5.74, 6) is 0.293. The van der Waals surface area contributed by atoms with Crippen LogP contribution in [0.5, 0.6) is 5.75 Å². The minimum atomic E-state index is -0.252. The van der Waals surface area contributed by atoms with E-state index in [0.717, 1.165) is 0 Å². The van der Waals surface area contributed by atoms with E-state index in [1.165, 1.54) is 0 Å². The smallest absolute Gasteiger partial charge is 0.255 e. The number of nitrogens with two attached hydrogens (primary N) is 1. The molecule has 0 saturated heterocycles. The van der Waals surface area contributed by atoms with E-state index >= 15 is 0 Å². The van der Waals surface area contributed by atoms with Crippen LogP contribution < -0.4 is 15.8 Å². The van der Waals surface area contributed by atoms with Crippen LogP contribution in [0, 0.1) is 0 Å². The Morgan fingerprint density at radius 2 is 2.10 bits per heavy atom. The van der Waals surface area contributed by atoms with Crippen molar-refractivity contribution >= 4 is 28.9 Å². The van der Waals surface area contributed by atoms with Gasteiger partial charge in [0.05, 0.1) is 12.3 Å². The fraction of sp³-hybridized carbons (Fsp3) is 0.133. The number of hydrogen-bond acceptors (Lipinski definition) is 3. The fourth-order valence-electron chi connectivity index (χ4n) is 1.74. The average Bonchev–Trinajstić information content (AvgIpc) is 2.42. The number of halogens is 1. The summed E-state index contributed by atoms with van der Waals surface area (Å²) in [5, 5.41) is 3.30. The van der Waals surface area contributed by atoms with Crippen molar-refractivity contribution in [1.29, 1.82) is 0 Å². The molecule has 0 bridgehead atoms. The zero-order valence-electron chi connectivity index (χ0n) is 11.0. The first kappa shape index (κ1) is 14.2. The Morgan fingerprint density at radius 3 is 2.80 bits per heavy atom. The van der Waals surface area contributed by atoms with Crippen molar-refractivity contribution < 1.29 is 9.53 Å². The molecule has 0 aliphatic rings. The van der Waals surface area contributed by atoms with Crippen LogP contribution in [0.4, 0.5) is 11.4 Å². The molecule has 0 aliphatic carbocycles. The third-order valence-electron chi connectivity index (χ3n) is 2.64. The number of benzene rings is 2. The lowest BCUT2D eigenvalue weighted by molar-refractivity contribution is 0.102. The molecule has 3 N–H and O–H groups in total. The maximum absolute atomic E-state index is 12.2. The first-order chi connectivity index (χ1) is 9.60. The number of ether oxygens (including phenoxy) is 1. The van der Waals surface area contributed by atoms with Crippen molar-refractivity contribution in [3.8, 4) is 5.75 Å². The highest BCUT2D eigenvalue weighted by atomic mass is 35.5. The molecule has 2 aromatic carbocycles. The molecule has 20 heavy (non-hydrogen) atoms. The van der Waals surface area contributed by atoms with Gasteiger partial charge >= 0.3 is 0 Å². The van der Waals surface area contributed by atoms with Gasteiger partial charge in [-0.25, -0.2) is 0 Å². The Labute approximate surface area is 122 Å². The minimum Gasteiger partial charge on any atom is -0.492 e. The van der Waals surface area contributed by atoms with Crippen LogP contribution in [-0.4, -0.2) is 12.5 Å². The quantitative estimate of drug-likeness (QED) is 0.846. The van der Waals surface area contributed by atoms with Gasteiger partial charge in [-0.3, -0.25) is 4.79 Å². The summed E-state index contributed by atoms with van der Waals surface area (Å²) in [6.07, 6.45) is 0. The van der Waals surface area contributed by atoms with Gasteiger partial charge in [-0.1, -0.05) is 17.7 Å². The minimum absolute atomic E-state index is 0.252. The highest BCUT2D eigenvalue weighted by molar-refractivity contribution is 6.31. The molecule has 0 aliphatic heterocycles. The summed E-state index contributed by atoms with van der Waals surface area (Å²) in [7, 11) is 0.